The summed E-state index contributed by atoms with van der Waals surface area (Å²) in [5.41, 5.74) is -0.779. The van der Waals surface area contributed by atoms with E-state index in [-0.39, 0.29) is 38.1 Å². The van der Waals surface area contributed by atoms with Crippen LogP contribution in [0, 0.1) is 11.6 Å². The Hall–Kier alpha value is -2.56. The number of anilines is 2. The number of hydrogen-bond acceptors (Lipinski definition) is 5. The Kier molecular flexibility index (Phi) is 6.39. The molecule has 2 N–H and O–H groups in total. The molecular formula is C18H14Cl2F2N4O3S. The standard InChI is InChI=1S/C18H14Cl2F2N4O3S/c1-2-5-30(28,29)26-13-4-3-12(22)16(14(13)19)25-18(27)11-7-9(21)6-10-15(11)23-8-24-17(10)20/h3-4,6-8,26H,2,5H2,1H3,(H,25,27). The zero-order valence-corrected chi connectivity index (χ0v) is 17.7. The van der Waals surface area contributed by atoms with Crippen LogP contribution in [-0.2, 0) is 10.0 Å². The molecule has 3 aromatic rings. The molecule has 0 fully saturated rings. The van der Waals surface area contributed by atoms with E-state index in [4.69, 9.17) is 23.2 Å². The third-order valence-corrected chi connectivity index (χ3v) is 6.14. The molecule has 30 heavy (non-hydrogen) atoms. The Morgan fingerprint density at radius 3 is 2.60 bits per heavy atom. The molecule has 158 valence electrons. The van der Waals surface area contributed by atoms with E-state index in [2.05, 4.69) is 20.0 Å². The van der Waals surface area contributed by atoms with E-state index in [0.29, 0.717) is 6.42 Å². The largest absolute Gasteiger partial charge is 0.318 e. The topological polar surface area (TPSA) is 101 Å². The monoisotopic (exact) mass is 474 g/mol. The number of sulfonamides is 1. The molecule has 0 aliphatic heterocycles. The molecule has 7 nitrogen and oxygen atoms in total. The summed E-state index contributed by atoms with van der Waals surface area (Å²) in [6.45, 7) is 1.68. The molecular weight excluding hydrogens is 461 g/mol. The van der Waals surface area contributed by atoms with Gasteiger partial charge in [-0.05, 0) is 30.7 Å². The first-order valence-corrected chi connectivity index (χ1v) is 10.9. The van der Waals surface area contributed by atoms with Crippen molar-refractivity contribution in [1.29, 1.82) is 0 Å². The van der Waals surface area contributed by atoms with Crippen LogP contribution in [-0.4, -0.2) is 30.0 Å². The number of nitrogens with zero attached hydrogens (tertiary/aromatic N) is 2. The smallest absolute Gasteiger partial charge is 0.258 e. The normalized spacial score (nSPS) is 11.5. The van der Waals surface area contributed by atoms with Crippen molar-refractivity contribution >= 4 is 61.4 Å². The van der Waals surface area contributed by atoms with Gasteiger partial charge in [-0.3, -0.25) is 9.52 Å². The zero-order chi connectivity index (χ0) is 22.1. The molecule has 1 aromatic heterocycles. The number of aromatic nitrogens is 2. The molecule has 2 aromatic carbocycles. The highest BCUT2D eigenvalue weighted by atomic mass is 35.5. The number of carbonyl (C=O) groups excluding carboxylic acids is 1. The lowest BCUT2D eigenvalue weighted by Crippen LogP contribution is -2.18. The van der Waals surface area contributed by atoms with E-state index in [1.54, 1.807) is 6.92 Å². The number of nitrogens with one attached hydrogen (secondary N) is 2. The maximum atomic E-state index is 14.3. The quantitative estimate of drug-likeness (QED) is 0.507. The highest BCUT2D eigenvalue weighted by molar-refractivity contribution is 7.92. The van der Waals surface area contributed by atoms with Crippen LogP contribution in [0.3, 0.4) is 0 Å². The molecule has 0 bridgehead atoms. The number of halogens is 4. The van der Waals surface area contributed by atoms with Crippen LogP contribution in [0.4, 0.5) is 20.2 Å². The Morgan fingerprint density at radius 2 is 1.90 bits per heavy atom. The van der Waals surface area contributed by atoms with E-state index >= 15 is 0 Å². The number of hydrogen-bond donors (Lipinski definition) is 2. The number of carbonyl (C=O) groups is 1. The molecule has 0 atom stereocenters. The highest BCUT2D eigenvalue weighted by Crippen LogP contribution is 2.34. The van der Waals surface area contributed by atoms with Crippen LogP contribution in [0.5, 0.6) is 0 Å². The van der Waals surface area contributed by atoms with Gasteiger partial charge in [0.15, 0.2) is 0 Å². The van der Waals surface area contributed by atoms with Crippen molar-refractivity contribution < 1.29 is 22.0 Å². The molecule has 0 aliphatic carbocycles. The van der Waals surface area contributed by atoms with Crippen LogP contribution in [0.15, 0.2) is 30.6 Å². The Balaban J connectivity index is 2.01. The second-order valence-electron chi connectivity index (χ2n) is 6.17. The predicted molar refractivity (Wildman–Crippen MR) is 112 cm³/mol. The van der Waals surface area contributed by atoms with Gasteiger partial charge in [-0.2, -0.15) is 0 Å². The van der Waals surface area contributed by atoms with Gasteiger partial charge in [0.05, 0.1) is 33.2 Å². The average molecular weight is 475 g/mol. The lowest BCUT2D eigenvalue weighted by molar-refractivity contribution is 0.102. The van der Waals surface area contributed by atoms with Gasteiger partial charge in [-0.15, -0.1) is 0 Å². The summed E-state index contributed by atoms with van der Waals surface area (Å²) in [4.78, 5) is 20.4. The number of benzene rings is 2. The fraction of sp³-hybridized carbons (Fsp3) is 0.167. The Labute approximate surface area is 180 Å². The third kappa shape index (κ3) is 4.61. The molecule has 0 radical (unpaired) electrons. The maximum Gasteiger partial charge on any atom is 0.258 e. The van der Waals surface area contributed by atoms with Crippen molar-refractivity contribution in [2.45, 2.75) is 13.3 Å². The molecule has 3 rings (SSSR count). The number of amides is 1. The van der Waals surface area contributed by atoms with E-state index in [1.165, 1.54) is 0 Å². The van der Waals surface area contributed by atoms with Gasteiger partial charge in [-0.25, -0.2) is 27.2 Å². The molecule has 0 unspecified atom stereocenters. The van der Waals surface area contributed by atoms with E-state index in [1.807, 2.05) is 0 Å². The summed E-state index contributed by atoms with van der Waals surface area (Å²) in [5, 5.41) is 1.91. The van der Waals surface area contributed by atoms with Crippen molar-refractivity contribution in [3.8, 4) is 0 Å². The van der Waals surface area contributed by atoms with Crippen molar-refractivity contribution in [3.63, 3.8) is 0 Å². The molecule has 1 amide bonds. The fourth-order valence-corrected chi connectivity index (χ4v) is 4.33. The second-order valence-corrected chi connectivity index (χ2v) is 8.75. The lowest BCUT2D eigenvalue weighted by atomic mass is 10.1. The zero-order valence-electron chi connectivity index (χ0n) is 15.3. The summed E-state index contributed by atoms with van der Waals surface area (Å²) in [5.74, 6) is -2.79. The average Bonchev–Trinajstić information content (AvgIpc) is 2.67. The molecule has 0 aliphatic rings. The first kappa shape index (κ1) is 22.1. The van der Waals surface area contributed by atoms with Crippen molar-refractivity contribution in [2.24, 2.45) is 0 Å². The predicted octanol–water partition coefficient (Wildman–Crippen LogP) is 4.62. The third-order valence-electron chi connectivity index (χ3n) is 3.97. The summed E-state index contributed by atoms with van der Waals surface area (Å²) < 4.78 is 54.5. The summed E-state index contributed by atoms with van der Waals surface area (Å²) in [7, 11) is -3.71. The van der Waals surface area contributed by atoms with Crippen molar-refractivity contribution in [1.82, 2.24) is 9.97 Å². The SMILES string of the molecule is CCCS(=O)(=O)Nc1ccc(F)c(NC(=O)c2cc(F)cc3c(Cl)ncnc23)c1Cl. The van der Waals surface area contributed by atoms with Gasteiger partial charge in [0.25, 0.3) is 5.91 Å². The van der Waals surface area contributed by atoms with Gasteiger partial charge in [0.1, 0.15) is 23.1 Å². The van der Waals surface area contributed by atoms with E-state index < -0.39 is 33.3 Å². The molecule has 0 saturated carbocycles. The van der Waals surface area contributed by atoms with Crippen LogP contribution < -0.4 is 10.0 Å². The highest BCUT2D eigenvalue weighted by Gasteiger charge is 2.21. The van der Waals surface area contributed by atoms with Gasteiger partial charge in [0.2, 0.25) is 10.0 Å². The minimum atomic E-state index is -3.71. The molecule has 12 heteroatoms. The van der Waals surface area contributed by atoms with Crippen LogP contribution in [0.1, 0.15) is 23.7 Å². The summed E-state index contributed by atoms with van der Waals surface area (Å²) in [6, 6.07) is 4.03. The number of rotatable bonds is 6. The van der Waals surface area contributed by atoms with Gasteiger partial charge in [-0.1, -0.05) is 30.1 Å². The van der Waals surface area contributed by atoms with Crippen molar-refractivity contribution in [3.05, 3.63) is 58.0 Å². The first-order valence-electron chi connectivity index (χ1n) is 8.52. The number of fused-ring (bicyclic) bond motifs is 1. The first-order chi connectivity index (χ1) is 14.1. The minimum Gasteiger partial charge on any atom is -0.318 e. The van der Waals surface area contributed by atoms with E-state index in [9.17, 15) is 22.0 Å². The van der Waals surface area contributed by atoms with Crippen molar-refractivity contribution in [2.75, 3.05) is 15.8 Å². The summed E-state index contributed by atoms with van der Waals surface area (Å²) >= 11 is 12.1. The Morgan fingerprint density at radius 1 is 1.17 bits per heavy atom. The molecule has 0 spiro atoms. The molecule has 1 heterocycles. The van der Waals surface area contributed by atoms with Crippen LogP contribution in [0.2, 0.25) is 10.2 Å². The summed E-state index contributed by atoms with van der Waals surface area (Å²) in [6.07, 6.45) is 1.45. The van der Waals surface area contributed by atoms with Crippen LogP contribution in [0.25, 0.3) is 10.9 Å². The fourth-order valence-electron chi connectivity index (χ4n) is 2.69. The van der Waals surface area contributed by atoms with Gasteiger partial charge in [0, 0.05) is 5.39 Å². The van der Waals surface area contributed by atoms with Gasteiger partial charge >= 0.3 is 0 Å². The lowest BCUT2D eigenvalue weighted by Gasteiger charge is -2.14. The van der Waals surface area contributed by atoms with E-state index in [0.717, 1.165) is 30.6 Å². The van der Waals surface area contributed by atoms with Gasteiger partial charge < -0.3 is 5.32 Å². The molecule has 0 saturated heterocycles. The van der Waals surface area contributed by atoms with Crippen LogP contribution >= 0.6 is 23.2 Å². The maximum absolute atomic E-state index is 14.3. The Bertz CT molecular complexity index is 1260. The minimum absolute atomic E-state index is 0.0465. The second kappa shape index (κ2) is 8.66.